The molecule has 3 nitrogen and oxygen atoms in total. The van der Waals surface area contributed by atoms with Gasteiger partial charge in [-0.15, -0.1) is 11.3 Å². The van der Waals surface area contributed by atoms with Gasteiger partial charge in [0.2, 0.25) is 0 Å². The minimum atomic E-state index is 0.176. The molecule has 5 heteroatoms. The Balaban J connectivity index is 2.12. The summed E-state index contributed by atoms with van der Waals surface area (Å²) in [4.78, 5) is 4.03. The Kier molecular flexibility index (Phi) is 6.05. The van der Waals surface area contributed by atoms with E-state index >= 15 is 0 Å². The molecule has 2 unspecified atom stereocenters. The first-order valence-corrected chi connectivity index (χ1v) is 8.95. The summed E-state index contributed by atoms with van der Waals surface area (Å²) in [5, 5.41) is 3.56. The lowest BCUT2D eigenvalue weighted by Crippen LogP contribution is -2.61. The van der Waals surface area contributed by atoms with Crippen molar-refractivity contribution in [3.63, 3.8) is 0 Å². The van der Waals surface area contributed by atoms with Crippen molar-refractivity contribution in [2.24, 2.45) is 0 Å². The molecule has 0 radical (unpaired) electrons. The van der Waals surface area contributed by atoms with Gasteiger partial charge in [0.05, 0.1) is 17.0 Å². The second-order valence-electron chi connectivity index (χ2n) is 5.56. The lowest BCUT2D eigenvalue weighted by molar-refractivity contribution is -0.0312. The van der Waals surface area contributed by atoms with Gasteiger partial charge in [0.1, 0.15) is 0 Å². The molecule has 0 amide bonds. The van der Waals surface area contributed by atoms with Gasteiger partial charge in [0.15, 0.2) is 0 Å². The van der Waals surface area contributed by atoms with Gasteiger partial charge in [-0.1, -0.05) is 6.92 Å². The Morgan fingerprint density at radius 2 is 2.15 bits per heavy atom. The third kappa shape index (κ3) is 3.63. The van der Waals surface area contributed by atoms with Crippen LogP contribution in [0.4, 0.5) is 0 Å². The summed E-state index contributed by atoms with van der Waals surface area (Å²) in [6.07, 6.45) is 2.22. The number of morpholine rings is 1. The number of ether oxygens (including phenoxy) is 1. The summed E-state index contributed by atoms with van der Waals surface area (Å²) in [6, 6.07) is 4.83. The van der Waals surface area contributed by atoms with Crippen LogP contribution in [0.3, 0.4) is 0 Å². The van der Waals surface area contributed by atoms with Crippen molar-refractivity contribution in [1.29, 1.82) is 0 Å². The van der Waals surface area contributed by atoms with Gasteiger partial charge >= 0.3 is 0 Å². The minimum absolute atomic E-state index is 0.176. The lowest BCUT2D eigenvalue weighted by atomic mass is 9.84. The zero-order chi connectivity index (χ0) is 14.6. The van der Waals surface area contributed by atoms with E-state index in [0.29, 0.717) is 6.04 Å². The van der Waals surface area contributed by atoms with Crippen molar-refractivity contribution in [3.8, 4) is 0 Å². The molecule has 1 aliphatic heterocycles. The Morgan fingerprint density at radius 3 is 2.65 bits per heavy atom. The summed E-state index contributed by atoms with van der Waals surface area (Å²) in [6.45, 7) is 8.48. The monoisotopic (exact) mass is 360 g/mol. The topological polar surface area (TPSA) is 24.5 Å². The molecule has 0 bridgehead atoms. The predicted molar refractivity (Wildman–Crippen MR) is 89.7 cm³/mol. The van der Waals surface area contributed by atoms with Gasteiger partial charge in [-0.05, 0) is 54.9 Å². The van der Waals surface area contributed by atoms with E-state index in [1.54, 1.807) is 0 Å². The minimum Gasteiger partial charge on any atom is -0.379 e. The molecule has 1 N–H and O–H groups in total. The number of nitrogens with one attached hydrogen (secondary N) is 1. The maximum Gasteiger partial charge on any atom is 0.0701 e. The average molecular weight is 361 g/mol. The Labute approximate surface area is 134 Å². The van der Waals surface area contributed by atoms with Crippen LogP contribution in [-0.2, 0) is 11.2 Å². The predicted octanol–water partition coefficient (Wildman–Crippen LogP) is 3.14. The molecule has 0 aromatic carbocycles. The third-order valence-corrected chi connectivity index (χ3v) is 6.23. The van der Waals surface area contributed by atoms with Crippen LogP contribution in [0.25, 0.3) is 0 Å². The van der Waals surface area contributed by atoms with Crippen LogP contribution in [0.1, 0.15) is 25.1 Å². The van der Waals surface area contributed by atoms with Crippen LogP contribution >= 0.6 is 27.3 Å². The van der Waals surface area contributed by atoms with Gasteiger partial charge in [-0.3, -0.25) is 4.90 Å². The summed E-state index contributed by atoms with van der Waals surface area (Å²) < 4.78 is 6.72. The number of hydrogen-bond donors (Lipinski definition) is 1. The van der Waals surface area contributed by atoms with Gasteiger partial charge in [-0.2, -0.15) is 0 Å². The molecule has 2 atom stereocenters. The number of halogens is 1. The molecule has 2 heterocycles. The zero-order valence-electron chi connectivity index (χ0n) is 12.6. The molecule has 1 fully saturated rings. The maximum atomic E-state index is 5.51. The highest BCUT2D eigenvalue weighted by Crippen LogP contribution is 2.30. The summed E-state index contributed by atoms with van der Waals surface area (Å²) in [5.41, 5.74) is 0.176. The summed E-state index contributed by atoms with van der Waals surface area (Å²) in [5.74, 6) is 0. The van der Waals surface area contributed by atoms with E-state index in [4.69, 9.17) is 4.74 Å². The third-order valence-electron chi connectivity index (χ3n) is 4.58. The van der Waals surface area contributed by atoms with Crippen LogP contribution in [0, 0.1) is 0 Å². The van der Waals surface area contributed by atoms with E-state index in [-0.39, 0.29) is 5.54 Å². The van der Waals surface area contributed by atoms with Crippen molar-refractivity contribution in [2.45, 2.75) is 38.3 Å². The van der Waals surface area contributed by atoms with Gasteiger partial charge < -0.3 is 10.1 Å². The number of rotatable bonds is 6. The molecule has 1 aromatic heterocycles. The molecule has 1 aromatic rings. The first-order chi connectivity index (χ1) is 9.60. The van der Waals surface area contributed by atoms with Crippen molar-refractivity contribution < 1.29 is 4.74 Å². The van der Waals surface area contributed by atoms with Crippen molar-refractivity contribution in [1.82, 2.24) is 10.2 Å². The highest BCUT2D eigenvalue weighted by molar-refractivity contribution is 9.11. The molecule has 2 rings (SSSR count). The SMILES string of the molecule is CCC(C)(C(Cc1ccc(Br)s1)NC)N1CCOCC1. The molecule has 0 aliphatic carbocycles. The second-order valence-corrected chi connectivity index (χ2v) is 8.11. The quantitative estimate of drug-likeness (QED) is 0.843. The second kappa shape index (κ2) is 7.36. The fraction of sp³-hybridized carbons (Fsp3) is 0.733. The fourth-order valence-electron chi connectivity index (χ4n) is 3.06. The number of hydrogen-bond acceptors (Lipinski definition) is 4. The standard InChI is InChI=1S/C15H25BrN2OS/c1-4-15(2,18-7-9-19-10-8-18)13(17-3)11-12-5-6-14(16)20-12/h5-6,13,17H,4,7-11H2,1-3H3. The number of thiophene rings is 1. The molecular formula is C15H25BrN2OS. The first kappa shape index (κ1) is 16.4. The Morgan fingerprint density at radius 1 is 1.45 bits per heavy atom. The highest BCUT2D eigenvalue weighted by atomic mass is 79.9. The van der Waals surface area contributed by atoms with Crippen molar-refractivity contribution in [3.05, 3.63) is 20.8 Å². The van der Waals surface area contributed by atoms with Gasteiger partial charge in [-0.25, -0.2) is 0 Å². The van der Waals surface area contributed by atoms with Crippen molar-refractivity contribution in [2.75, 3.05) is 33.4 Å². The van der Waals surface area contributed by atoms with Crippen LogP contribution < -0.4 is 5.32 Å². The van der Waals surface area contributed by atoms with Gasteiger partial charge in [0.25, 0.3) is 0 Å². The van der Waals surface area contributed by atoms with E-state index < -0.39 is 0 Å². The van der Waals surface area contributed by atoms with E-state index in [2.05, 4.69) is 59.2 Å². The summed E-state index contributed by atoms with van der Waals surface area (Å²) in [7, 11) is 2.08. The normalized spacial score (nSPS) is 21.6. The molecule has 1 aliphatic rings. The number of likely N-dealkylation sites (N-methyl/N-ethyl adjacent to an activating group) is 1. The van der Waals surface area contributed by atoms with Crippen LogP contribution in [-0.4, -0.2) is 49.8 Å². The molecule has 0 saturated carbocycles. The molecule has 0 spiro atoms. The van der Waals surface area contributed by atoms with E-state index in [1.807, 2.05) is 11.3 Å². The van der Waals surface area contributed by atoms with E-state index in [0.717, 1.165) is 39.1 Å². The average Bonchev–Trinajstić information content (AvgIpc) is 2.90. The van der Waals surface area contributed by atoms with E-state index in [9.17, 15) is 0 Å². The lowest BCUT2D eigenvalue weighted by Gasteiger charge is -2.47. The van der Waals surface area contributed by atoms with E-state index in [1.165, 1.54) is 8.66 Å². The zero-order valence-corrected chi connectivity index (χ0v) is 15.0. The first-order valence-electron chi connectivity index (χ1n) is 7.34. The molecule has 20 heavy (non-hydrogen) atoms. The van der Waals surface area contributed by atoms with Gasteiger partial charge in [0, 0.05) is 29.5 Å². The smallest absolute Gasteiger partial charge is 0.0701 e. The largest absolute Gasteiger partial charge is 0.379 e. The van der Waals surface area contributed by atoms with Crippen LogP contribution in [0.2, 0.25) is 0 Å². The summed E-state index contributed by atoms with van der Waals surface area (Å²) >= 11 is 5.40. The van der Waals surface area contributed by atoms with Crippen molar-refractivity contribution >= 4 is 27.3 Å². The molecule has 1 saturated heterocycles. The highest BCUT2D eigenvalue weighted by Gasteiger charge is 2.38. The molecule has 114 valence electrons. The Bertz CT molecular complexity index is 420. The van der Waals surface area contributed by atoms with Crippen LogP contribution in [0.5, 0.6) is 0 Å². The number of nitrogens with zero attached hydrogens (tertiary/aromatic N) is 1. The Hall–Kier alpha value is 0.0600. The van der Waals surface area contributed by atoms with Crippen LogP contribution in [0.15, 0.2) is 15.9 Å². The fourth-order valence-corrected chi connectivity index (χ4v) is 4.59. The maximum absolute atomic E-state index is 5.51. The molecular weight excluding hydrogens is 336 g/mol.